The number of hydrogen-bond donors (Lipinski definition) is 1. The van der Waals surface area contributed by atoms with Gasteiger partial charge in [-0.15, -0.1) is 0 Å². The minimum atomic E-state index is -3.82. The Morgan fingerprint density at radius 1 is 1.31 bits per heavy atom. The second-order valence-electron chi connectivity index (χ2n) is 11.5. The summed E-state index contributed by atoms with van der Waals surface area (Å²) < 4.78 is 41.1. The van der Waals surface area contributed by atoms with Crippen LogP contribution in [-0.4, -0.2) is 62.1 Å². The smallest absolute Gasteiger partial charge is 0.264 e. The third-order valence-electron chi connectivity index (χ3n) is 9.63. The Labute approximate surface area is 207 Å². The van der Waals surface area contributed by atoms with E-state index in [4.69, 9.17) is 13.7 Å². The highest BCUT2D eigenvalue weighted by Crippen LogP contribution is 2.69. The fourth-order valence-electron chi connectivity index (χ4n) is 8.27. The van der Waals surface area contributed by atoms with Crippen molar-refractivity contribution >= 4 is 21.7 Å². The van der Waals surface area contributed by atoms with Crippen LogP contribution >= 0.6 is 0 Å². The second-order valence-corrected chi connectivity index (χ2v) is 13.2. The van der Waals surface area contributed by atoms with E-state index < -0.39 is 57.4 Å². The summed E-state index contributed by atoms with van der Waals surface area (Å²) in [6.07, 6.45) is 8.33. The molecule has 0 amide bonds. The standard InChI is InChI=1S/C26H36O8S/c1-5-6-22-33-21-12-18-17-8-7-15-11-16(27)9-10-24(15,2)23(17)19(28)13-25(18,3)26(21,34-22)20(29)14-32-35(4,30)31/h9-11,17-19,21-23,28H,5-8,12-14H2,1-4H3/t17-,18+,19-,21+,22-,23+,24-,25-,26+/m1/s1. The molecule has 0 aromatic rings. The van der Waals surface area contributed by atoms with E-state index in [-0.39, 0.29) is 23.5 Å². The van der Waals surface area contributed by atoms with Crippen molar-refractivity contribution in [2.45, 2.75) is 83.4 Å². The number of carbonyl (C=O) groups excluding carboxylic acids is 2. The molecule has 9 atom stereocenters. The summed E-state index contributed by atoms with van der Waals surface area (Å²) in [4.78, 5) is 25.8. The summed E-state index contributed by atoms with van der Waals surface area (Å²) in [5.74, 6) is -0.398. The molecule has 0 radical (unpaired) electrons. The van der Waals surface area contributed by atoms with E-state index in [1.807, 2.05) is 19.9 Å². The van der Waals surface area contributed by atoms with Crippen LogP contribution in [0.4, 0.5) is 0 Å². The Hall–Kier alpha value is -1.39. The van der Waals surface area contributed by atoms with Crippen molar-refractivity contribution in [3.63, 3.8) is 0 Å². The topological polar surface area (TPSA) is 116 Å². The van der Waals surface area contributed by atoms with Gasteiger partial charge in [-0.3, -0.25) is 13.8 Å². The van der Waals surface area contributed by atoms with Crippen LogP contribution in [-0.2, 0) is 33.4 Å². The number of rotatable bonds is 6. The van der Waals surface area contributed by atoms with Crippen LogP contribution in [0.1, 0.15) is 59.3 Å². The lowest BCUT2D eigenvalue weighted by Gasteiger charge is -2.59. The van der Waals surface area contributed by atoms with Crippen LogP contribution in [0.15, 0.2) is 23.8 Å². The molecule has 8 nitrogen and oxygen atoms in total. The van der Waals surface area contributed by atoms with Crippen molar-refractivity contribution in [1.29, 1.82) is 0 Å². The molecule has 0 aromatic carbocycles. The molecule has 0 unspecified atom stereocenters. The van der Waals surface area contributed by atoms with Crippen LogP contribution in [0.5, 0.6) is 0 Å². The molecule has 5 aliphatic rings. The van der Waals surface area contributed by atoms with Crippen LogP contribution < -0.4 is 0 Å². The molecule has 4 aliphatic carbocycles. The van der Waals surface area contributed by atoms with Gasteiger partial charge in [0.25, 0.3) is 10.1 Å². The van der Waals surface area contributed by atoms with Crippen LogP contribution in [0.2, 0.25) is 0 Å². The molecule has 1 N–H and O–H groups in total. The molecule has 9 heteroatoms. The van der Waals surface area contributed by atoms with E-state index in [1.165, 1.54) is 0 Å². The molecule has 1 saturated heterocycles. The summed E-state index contributed by atoms with van der Waals surface area (Å²) in [7, 11) is -3.82. The van der Waals surface area contributed by atoms with Gasteiger partial charge in [-0.05, 0) is 56.1 Å². The second kappa shape index (κ2) is 8.31. The Morgan fingerprint density at radius 2 is 2.06 bits per heavy atom. The molecule has 3 saturated carbocycles. The van der Waals surface area contributed by atoms with Crippen molar-refractivity contribution < 1.29 is 36.8 Å². The maximum atomic E-state index is 13.8. The molecule has 0 aromatic heterocycles. The number of Topliss-reactive ketones (excluding diaryl/α,β-unsaturated/α-hetero) is 1. The first kappa shape index (κ1) is 25.3. The number of fused-ring (bicyclic) bond motifs is 7. The number of carbonyl (C=O) groups is 2. The molecule has 1 heterocycles. The lowest BCUT2D eigenvalue weighted by molar-refractivity contribution is -0.200. The predicted octanol–water partition coefficient (Wildman–Crippen LogP) is 2.70. The lowest BCUT2D eigenvalue weighted by Crippen LogP contribution is -2.63. The van der Waals surface area contributed by atoms with Gasteiger partial charge in [-0.2, -0.15) is 8.42 Å². The third kappa shape index (κ3) is 3.64. The fourth-order valence-corrected chi connectivity index (χ4v) is 8.59. The third-order valence-corrected chi connectivity index (χ3v) is 10.2. The van der Waals surface area contributed by atoms with Crippen molar-refractivity contribution in [2.75, 3.05) is 12.9 Å². The number of hydrogen-bond acceptors (Lipinski definition) is 8. The molecule has 4 fully saturated rings. The average Bonchev–Trinajstić information content (AvgIpc) is 3.24. The summed E-state index contributed by atoms with van der Waals surface area (Å²) >= 11 is 0. The first-order valence-electron chi connectivity index (χ1n) is 12.7. The fraction of sp³-hybridized carbons (Fsp3) is 0.769. The van der Waals surface area contributed by atoms with Crippen molar-refractivity contribution in [2.24, 2.45) is 28.6 Å². The van der Waals surface area contributed by atoms with Gasteiger partial charge in [0.2, 0.25) is 0 Å². The summed E-state index contributed by atoms with van der Waals surface area (Å²) in [5, 5.41) is 11.7. The molecular weight excluding hydrogens is 472 g/mol. The van der Waals surface area contributed by atoms with E-state index in [1.54, 1.807) is 12.2 Å². The molecule has 0 spiro atoms. The monoisotopic (exact) mass is 508 g/mol. The Morgan fingerprint density at radius 3 is 2.74 bits per heavy atom. The highest BCUT2D eigenvalue weighted by molar-refractivity contribution is 7.86. The quantitative estimate of drug-likeness (QED) is 0.545. The molecule has 194 valence electrons. The number of allylic oxidation sites excluding steroid dienone is 4. The van der Waals surface area contributed by atoms with Gasteiger partial charge in [0.05, 0.1) is 18.5 Å². The van der Waals surface area contributed by atoms with Gasteiger partial charge in [0.1, 0.15) is 6.61 Å². The normalized spacial score (nSPS) is 46.4. The maximum Gasteiger partial charge on any atom is 0.264 e. The Bertz CT molecular complexity index is 1090. The molecule has 1 aliphatic heterocycles. The number of aliphatic hydroxyl groups excluding tert-OH is 1. The zero-order valence-electron chi connectivity index (χ0n) is 20.9. The minimum Gasteiger partial charge on any atom is -0.393 e. The van der Waals surface area contributed by atoms with Gasteiger partial charge in [0.15, 0.2) is 23.5 Å². The highest BCUT2D eigenvalue weighted by atomic mass is 32.2. The van der Waals surface area contributed by atoms with Crippen LogP contribution in [0.3, 0.4) is 0 Å². The molecule has 5 rings (SSSR count). The van der Waals surface area contributed by atoms with Gasteiger partial charge >= 0.3 is 0 Å². The van der Waals surface area contributed by atoms with Gasteiger partial charge < -0.3 is 14.6 Å². The van der Waals surface area contributed by atoms with Gasteiger partial charge in [-0.1, -0.05) is 38.8 Å². The van der Waals surface area contributed by atoms with E-state index in [0.29, 0.717) is 19.3 Å². The van der Waals surface area contributed by atoms with E-state index >= 15 is 0 Å². The summed E-state index contributed by atoms with van der Waals surface area (Å²) in [6, 6.07) is 0. The Kier molecular flexibility index (Phi) is 6.00. The largest absolute Gasteiger partial charge is 0.393 e. The Balaban J connectivity index is 1.53. The van der Waals surface area contributed by atoms with E-state index in [0.717, 1.165) is 31.1 Å². The molecule has 0 bridgehead atoms. The number of ketones is 2. The van der Waals surface area contributed by atoms with Crippen molar-refractivity contribution in [1.82, 2.24) is 0 Å². The van der Waals surface area contributed by atoms with Crippen LogP contribution in [0, 0.1) is 28.6 Å². The first-order chi connectivity index (χ1) is 16.4. The predicted molar refractivity (Wildman–Crippen MR) is 127 cm³/mol. The van der Waals surface area contributed by atoms with Crippen molar-refractivity contribution in [3.8, 4) is 0 Å². The van der Waals surface area contributed by atoms with Gasteiger partial charge in [0, 0.05) is 16.7 Å². The molecular formula is C26H36O8S. The van der Waals surface area contributed by atoms with Gasteiger partial charge in [-0.25, -0.2) is 0 Å². The first-order valence-corrected chi connectivity index (χ1v) is 14.5. The maximum absolute atomic E-state index is 13.8. The molecule has 35 heavy (non-hydrogen) atoms. The van der Waals surface area contributed by atoms with E-state index in [2.05, 4.69) is 6.92 Å². The van der Waals surface area contributed by atoms with E-state index in [9.17, 15) is 23.1 Å². The minimum absolute atomic E-state index is 0.0133. The average molecular weight is 509 g/mol. The summed E-state index contributed by atoms with van der Waals surface area (Å²) in [5.41, 5.74) is -1.47. The zero-order valence-corrected chi connectivity index (χ0v) is 21.7. The summed E-state index contributed by atoms with van der Waals surface area (Å²) in [6.45, 7) is 5.50. The number of aliphatic hydroxyl groups is 1. The number of ether oxygens (including phenoxy) is 2. The SMILES string of the molecule is CCC[C@@H]1O[C@H]2C[C@H]3[C@H]4CCC5=CC(=O)C=C[C@@]5(C)[C@@H]4[C@H](O)C[C@@]3(C)[C@@]2(C(=O)COS(C)(=O)=O)O1. The highest BCUT2D eigenvalue weighted by Gasteiger charge is 2.75. The lowest BCUT2D eigenvalue weighted by atomic mass is 9.46. The van der Waals surface area contributed by atoms with Crippen LogP contribution in [0.25, 0.3) is 0 Å². The van der Waals surface area contributed by atoms with Crippen molar-refractivity contribution in [3.05, 3.63) is 23.8 Å². The zero-order chi connectivity index (χ0) is 25.4.